The third-order valence-electron chi connectivity index (χ3n) is 8.80. The molecular formula is C31H37IN2O. The fraction of sp³-hybridized carbons (Fsp3) is 0.387. The van der Waals surface area contributed by atoms with Crippen LogP contribution in [0.4, 0.5) is 0 Å². The fourth-order valence-corrected chi connectivity index (χ4v) is 6.77. The molecule has 35 heavy (non-hydrogen) atoms. The highest BCUT2D eigenvalue weighted by Gasteiger charge is 2.50. The zero-order valence-corrected chi connectivity index (χ0v) is 23.0. The summed E-state index contributed by atoms with van der Waals surface area (Å²) in [4.78, 5) is 13.1. The number of nitrogens with one attached hydrogen (secondary N) is 1. The normalized spacial score (nSPS) is 22.7. The van der Waals surface area contributed by atoms with Crippen LogP contribution in [0.15, 0.2) is 91.0 Å². The second-order valence-corrected chi connectivity index (χ2v) is 10.9. The van der Waals surface area contributed by atoms with E-state index in [1.54, 1.807) is 0 Å². The Balaban J connectivity index is 0.00000289. The van der Waals surface area contributed by atoms with Gasteiger partial charge in [-0.15, -0.1) is 0 Å². The molecule has 0 spiro atoms. The summed E-state index contributed by atoms with van der Waals surface area (Å²) in [6, 6.07) is 32.8. The number of nitrogens with zero attached hydrogens (tertiary/aromatic N) is 1. The molecule has 184 valence electrons. The monoisotopic (exact) mass is 580 g/mol. The van der Waals surface area contributed by atoms with Gasteiger partial charge in [-0.05, 0) is 35.6 Å². The number of hydrogen-bond acceptors (Lipinski definition) is 1. The maximum Gasteiger partial charge on any atom is 0.251 e. The molecule has 4 heteroatoms. The second-order valence-electron chi connectivity index (χ2n) is 10.9. The van der Waals surface area contributed by atoms with Gasteiger partial charge >= 0.3 is 0 Å². The van der Waals surface area contributed by atoms with E-state index in [0.29, 0.717) is 18.0 Å². The van der Waals surface area contributed by atoms with E-state index in [2.05, 4.69) is 80.1 Å². The van der Waals surface area contributed by atoms with Crippen molar-refractivity contribution >= 4 is 5.91 Å². The van der Waals surface area contributed by atoms with Gasteiger partial charge < -0.3 is 33.8 Å². The van der Waals surface area contributed by atoms with Crippen LogP contribution < -0.4 is 29.3 Å². The number of carbonyl (C=O) groups is 1. The molecule has 1 amide bonds. The van der Waals surface area contributed by atoms with E-state index in [0.717, 1.165) is 18.5 Å². The number of rotatable bonds is 7. The minimum absolute atomic E-state index is 0. The van der Waals surface area contributed by atoms with Crippen LogP contribution in [-0.4, -0.2) is 43.1 Å². The topological polar surface area (TPSA) is 29.1 Å². The Labute approximate surface area is 227 Å². The lowest BCUT2D eigenvalue weighted by Gasteiger charge is -2.47. The Morgan fingerprint density at radius 3 is 1.74 bits per heavy atom. The Hall–Kier alpha value is -2.18. The molecular weight excluding hydrogens is 543 g/mol. The first-order valence-electron chi connectivity index (χ1n) is 12.8. The van der Waals surface area contributed by atoms with Crippen molar-refractivity contribution in [2.24, 2.45) is 5.92 Å². The van der Waals surface area contributed by atoms with Crippen molar-refractivity contribution in [3.05, 3.63) is 108 Å². The summed E-state index contributed by atoms with van der Waals surface area (Å²) in [6.45, 7) is 0.596. The predicted molar refractivity (Wildman–Crippen MR) is 139 cm³/mol. The number of amides is 1. The van der Waals surface area contributed by atoms with Gasteiger partial charge in [0.15, 0.2) is 0 Å². The van der Waals surface area contributed by atoms with E-state index in [-0.39, 0.29) is 35.3 Å². The highest BCUT2D eigenvalue weighted by Crippen LogP contribution is 2.47. The molecule has 5 rings (SSSR count). The van der Waals surface area contributed by atoms with E-state index in [9.17, 15) is 4.79 Å². The second kappa shape index (κ2) is 10.8. The van der Waals surface area contributed by atoms with Crippen LogP contribution in [0.5, 0.6) is 0 Å². The predicted octanol–water partition coefficient (Wildman–Crippen LogP) is 2.81. The first-order chi connectivity index (χ1) is 16.5. The van der Waals surface area contributed by atoms with Crippen molar-refractivity contribution in [1.29, 1.82) is 0 Å². The highest BCUT2D eigenvalue weighted by atomic mass is 127. The number of benzene rings is 3. The summed E-state index contributed by atoms with van der Waals surface area (Å²) in [5.41, 5.74) is 3.04. The van der Waals surface area contributed by atoms with Gasteiger partial charge in [-0.1, -0.05) is 78.9 Å². The minimum Gasteiger partial charge on any atom is -1.00 e. The number of piperidine rings is 1. The molecule has 2 saturated heterocycles. The highest BCUT2D eigenvalue weighted by molar-refractivity contribution is 5.94. The Kier molecular flexibility index (Phi) is 8.02. The minimum atomic E-state index is -0.258. The van der Waals surface area contributed by atoms with E-state index < -0.39 is 0 Å². The average Bonchev–Trinajstić information content (AvgIpc) is 3.03. The third kappa shape index (κ3) is 5.19. The SMILES string of the molecule is C[N+]1(C)C2CCC1CC(CC(CNC(=O)c1ccccc1)(c1ccccc1)c1ccccc1)C2.[I-]. The summed E-state index contributed by atoms with van der Waals surface area (Å²) in [5, 5.41) is 3.34. The molecule has 0 aromatic heterocycles. The number of quaternary nitrogens is 1. The standard InChI is InChI=1S/C31H36N2O.HI/c1-33(2)28-18-19-29(33)21-24(20-28)22-31(26-14-8-4-9-15-26,27-16-10-5-11-17-27)23-32-30(34)25-12-6-3-7-13-25;/h3-17,24,28-29H,18-23H2,1-2H3;1H. The first-order valence-corrected chi connectivity index (χ1v) is 12.8. The van der Waals surface area contributed by atoms with E-state index in [1.165, 1.54) is 41.3 Å². The Morgan fingerprint density at radius 2 is 1.26 bits per heavy atom. The summed E-state index contributed by atoms with van der Waals surface area (Å²) >= 11 is 0. The van der Waals surface area contributed by atoms with Gasteiger partial charge in [0, 0.05) is 43.2 Å². The molecule has 1 N–H and O–H groups in total. The molecule has 2 aliphatic rings. The van der Waals surface area contributed by atoms with Crippen LogP contribution in [0, 0.1) is 5.92 Å². The Morgan fingerprint density at radius 1 is 0.800 bits per heavy atom. The quantitative estimate of drug-likeness (QED) is 0.338. The van der Waals surface area contributed by atoms with Crippen LogP contribution in [0.3, 0.4) is 0 Å². The molecule has 2 bridgehead atoms. The number of hydrogen-bond donors (Lipinski definition) is 1. The van der Waals surface area contributed by atoms with Crippen molar-refractivity contribution in [3.63, 3.8) is 0 Å². The molecule has 0 aliphatic carbocycles. The first kappa shape index (κ1) is 25.9. The zero-order valence-electron chi connectivity index (χ0n) is 20.9. The van der Waals surface area contributed by atoms with Crippen molar-refractivity contribution in [3.8, 4) is 0 Å². The number of halogens is 1. The van der Waals surface area contributed by atoms with E-state index in [1.807, 2.05) is 30.3 Å². The van der Waals surface area contributed by atoms with Crippen molar-refractivity contribution in [1.82, 2.24) is 5.32 Å². The maximum atomic E-state index is 13.1. The van der Waals surface area contributed by atoms with E-state index >= 15 is 0 Å². The van der Waals surface area contributed by atoms with Gasteiger partial charge in [0.2, 0.25) is 0 Å². The lowest BCUT2D eigenvalue weighted by atomic mass is 9.66. The number of fused-ring (bicyclic) bond motifs is 2. The molecule has 3 aromatic carbocycles. The molecule has 2 fully saturated rings. The van der Waals surface area contributed by atoms with Crippen molar-refractivity contribution < 1.29 is 33.3 Å². The summed E-state index contributed by atoms with van der Waals surface area (Å²) < 4.78 is 1.19. The molecule has 0 radical (unpaired) electrons. The number of carbonyl (C=O) groups excluding carboxylic acids is 1. The summed E-state index contributed by atoms with van der Waals surface area (Å²) in [7, 11) is 4.86. The van der Waals surface area contributed by atoms with Crippen LogP contribution >= 0.6 is 0 Å². The van der Waals surface area contributed by atoms with Crippen molar-refractivity contribution in [2.45, 2.75) is 49.6 Å². The average molecular weight is 581 g/mol. The van der Waals surface area contributed by atoms with E-state index in [4.69, 9.17) is 0 Å². The van der Waals surface area contributed by atoms with Crippen molar-refractivity contribution in [2.75, 3.05) is 20.6 Å². The van der Waals surface area contributed by atoms with Gasteiger partial charge in [-0.3, -0.25) is 4.79 Å². The molecule has 2 unspecified atom stereocenters. The molecule has 2 aliphatic heterocycles. The maximum absolute atomic E-state index is 13.1. The summed E-state index contributed by atoms with van der Waals surface area (Å²) in [6.07, 6.45) is 6.31. The van der Waals surface area contributed by atoms with Crippen LogP contribution in [0.25, 0.3) is 0 Å². The van der Waals surface area contributed by atoms with Crippen LogP contribution in [0.2, 0.25) is 0 Å². The lowest BCUT2D eigenvalue weighted by molar-refractivity contribution is -0.931. The van der Waals surface area contributed by atoms with Gasteiger partial charge in [0.05, 0.1) is 26.2 Å². The fourth-order valence-electron chi connectivity index (χ4n) is 6.77. The van der Waals surface area contributed by atoms with Gasteiger partial charge in [0.25, 0.3) is 5.91 Å². The van der Waals surface area contributed by atoms with Gasteiger partial charge in [0.1, 0.15) is 0 Å². The summed E-state index contributed by atoms with van der Waals surface area (Å²) in [5.74, 6) is 0.649. The smallest absolute Gasteiger partial charge is 0.251 e. The molecule has 2 heterocycles. The molecule has 3 nitrogen and oxygen atoms in total. The van der Waals surface area contributed by atoms with Crippen LogP contribution in [0.1, 0.15) is 53.6 Å². The Bertz CT molecular complexity index is 1050. The van der Waals surface area contributed by atoms with Crippen LogP contribution in [-0.2, 0) is 5.41 Å². The lowest BCUT2D eigenvalue weighted by Crippen LogP contribution is -3.00. The molecule has 3 aromatic rings. The van der Waals surface area contributed by atoms with Gasteiger partial charge in [-0.2, -0.15) is 0 Å². The molecule has 0 saturated carbocycles. The third-order valence-corrected chi connectivity index (χ3v) is 8.80. The largest absolute Gasteiger partial charge is 1.00 e. The zero-order chi connectivity index (χ0) is 23.6. The molecule has 2 atom stereocenters. The van der Waals surface area contributed by atoms with Gasteiger partial charge in [-0.25, -0.2) is 0 Å².